The number of benzene rings is 4. The summed E-state index contributed by atoms with van der Waals surface area (Å²) in [7, 11) is 0.431. The molecule has 1 fully saturated rings. The topological polar surface area (TPSA) is 18.5 Å². The van der Waals surface area contributed by atoms with Gasteiger partial charge in [0.2, 0.25) is 0 Å². The van der Waals surface area contributed by atoms with Gasteiger partial charge in [0.25, 0.3) is 0 Å². The summed E-state index contributed by atoms with van der Waals surface area (Å²) in [5.74, 6) is 0. The van der Waals surface area contributed by atoms with Gasteiger partial charge in [-0.3, -0.25) is 0 Å². The van der Waals surface area contributed by atoms with Crippen LogP contribution < -0.4 is 0 Å². The molecule has 0 amide bonds. The van der Waals surface area contributed by atoms with E-state index in [4.69, 9.17) is 9.31 Å². The monoisotopic (exact) mass is 382 g/mol. The van der Waals surface area contributed by atoms with Crippen LogP contribution in [-0.2, 0) is 9.31 Å². The van der Waals surface area contributed by atoms with E-state index in [1.54, 1.807) is 0 Å². The SMILES string of the molecule is CC1(C)OBOC1(C)C.c1ccc(-c2ccc3cc4ccccc4cc3c2)cc1. The van der Waals surface area contributed by atoms with Gasteiger partial charge in [0.05, 0.1) is 11.2 Å². The first kappa shape index (κ1) is 19.7. The lowest BCUT2D eigenvalue weighted by molar-refractivity contribution is 0.00578. The van der Waals surface area contributed by atoms with E-state index in [2.05, 4.69) is 84.9 Å². The van der Waals surface area contributed by atoms with Crippen LogP contribution in [0.15, 0.2) is 84.9 Å². The maximum Gasteiger partial charge on any atom is 0.439 e. The summed E-state index contributed by atoms with van der Waals surface area (Å²) in [6.07, 6.45) is 0. The zero-order chi connectivity index (χ0) is 20.5. The van der Waals surface area contributed by atoms with Crippen molar-refractivity contribution in [3.05, 3.63) is 84.9 Å². The Morgan fingerprint density at radius 2 is 1.03 bits per heavy atom. The average molecular weight is 382 g/mol. The molecule has 0 aromatic heterocycles. The summed E-state index contributed by atoms with van der Waals surface area (Å²) < 4.78 is 10.7. The third-order valence-corrected chi connectivity index (χ3v) is 6.10. The zero-order valence-electron chi connectivity index (χ0n) is 17.6. The van der Waals surface area contributed by atoms with Crippen molar-refractivity contribution < 1.29 is 9.31 Å². The molecule has 2 nitrogen and oxygen atoms in total. The molecule has 0 radical (unpaired) electrons. The number of fused-ring (bicyclic) bond motifs is 2. The predicted octanol–water partition coefficient (Wildman–Crippen LogP) is 6.52. The first-order valence-corrected chi connectivity index (χ1v) is 10.1. The number of rotatable bonds is 1. The molecule has 0 atom stereocenters. The quantitative estimate of drug-likeness (QED) is 0.276. The normalized spacial score (nSPS) is 16.8. The van der Waals surface area contributed by atoms with Crippen molar-refractivity contribution in [2.24, 2.45) is 0 Å². The summed E-state index contributed by atoms with van der Waals surface area (Å²) in [5.41, 5.74) is 2.27. The van der Waals surface area contributed by atoms with Gasteiger partial charge in [0, 0.05) is 0 Å². The van der Waals surface area contributed by atoms with Gasteiger partial charge in [-0.25, -0.2) is 0 Å². The van der Waals surface area contributed by atoms with E-state index in [0.29, 0.717) is 7.69 Å². The van der Waals surface area contributed by atoms with Crippen molar-refractivity contribution in [1.29, 1.82) is 0 Å². The van der Waals surface area contributed by atoms with Gasteiger partial charge in [-0.2, -0.15) is 0 Å². The lowest BCUT2D eigenvalue weighted by Crippen LogP contribution is -2.41. The van der Waals surface area contributed by atoms with E-state index < -0.39 is 0 Å². The second-order valence-corrected chi connectivity index (χ2v) is 8.55. The molecule has 0 bridgehead atoms. The molecule has 1 heterocycles. The molecule has 1 aliphatic heterocycles. The Morgan fingerprint density at radius 1 is 0.517 bits per heavy atom. The molecule has 4 aromatic carbocycles. The van der Waals surface area contributed by atoms with Crippen LogP contribution in [0.1, 0.15) is 27.7 Å². The Kier molecular flexibility index (Phi) is 5.20. The summed E-state index contributed by atoms with van der Waals surface area (Å²) in [6, 6.07) is 30.3. The minimum absolute atomic E-state index is 0.132. The van der Waals surface area contributed by atoms with E-state index in [1.165, 1.54) is 32.7 Å². The van der Waals surface area contributed by atoms with Gasteiger partial charge in [0.15, 0.2) is 0 Å². The van der Waals surface area contributed by atoms with Gasteiger partial charge < -0.3 is 9.31 Å². The van der Waals surface area contributed by atoms with Gasteiger partial charge in [-0.05, 0) is 78.6 Å². The first-order chi connectivity index (χ1) is 13.9. The third-order valence-electron chi connectivity index (χ3n) is 6.10. The van der Waals surface area contributed by atoms with Crippen LogP contribution in [0.2, 0.25) is 0 Å². The smallest absolute Gasteiger partial charge is 0.406 e. The Hall–Kier alpha value is -2.62. The summed E-state index contributed by atoms with van der Waals surface area (Å²) in [6.45, 7) is 8.17. The molecule has 5 rings (SSSR count). The van der Waals surface area contributed by atoms with Crippen LogP contribution in [-0.4, -0.2) is 18.9 Å². The van der Waals surface area contributed by atoms with Gasteiger partial charge in [-0.1, -0.05) is 66.7 Å². The Labute approximate surface area is 173 Å². The third kappa shape index (κ3) is 4.07. The van der Waals surface area contributed by atoms with Crippen LogP contribution in [0.3, 0.4) is 0 Å². The molecular weight excluding hydrogens is 355 g/mol. The fraction of sp³-hybridized carbons (Fsp3) is 0.231. The van der Waals surface area contributed by atoms with E-state index >= 15 is 0 Å². The second kappa shape index (κ2) is 7.66. The predicted molar refractivity (Wildman–Crippen MR) is 124 cm³/mol. The van der Waals surface area contributed by atoms with Crippen molar-refractivity contribution in [2.75, 3.05) is 0 Å². The fourth-order valence-electron chi connectivity index (χ4n) is 3.42. The maximum absolute atomic E-state index is 5.33. The van der Waals surface area contributed by atoms with E-state index in [0.717, 1.165) is 0 Å². The molecule has 4 aromatic rings. The van der Waals surface area contributed by atoms with Crippen molar-refractivity contribution in [1.82, 2.24) is 0 Å². The highest BCUT2D eigenvalue weighted by Gasteiger charge is 2.44. The molecule has 0 spiro atoms. The van der Waals surface area contributed by atoms with Gasteiger partial charge in [-0.15, -0.1) is 0 Å². The molecule has 0 N–H and O–H groups in total. The zero-order valence-corrected chi connectivity index (χ0v) is 17.6. The Bertz CT molecular complexity index is 1120. The van der Waals surface area contributed by atoms with E-state index in [-0.39, 0.29) is 11.2 Å². The highest BCUT2D eigenvalue weighted by atomic mass is 16.7. The molecule has 1 aliphatic rings. The van der Waals surface area contributed by atoms with Crippen LogP contribution in [0.25, 0.3) is 32.7 Å². The minimum Gasteiger partial charge on any atom is -0.406 e. The molecule has 0 aliphatic carbocycles. The first-order valence-electron chi connectivity index (χ1n) is 10.1. The van der Waals surface area contributed by atoms with Crippen LogP contribution in [0.4, 0.5) is 0 Å². The van der Waals surface area contributed by atoms with Gasteiger partial charge >= 0.3 is 7.69 Å². The number of hydrogen-bond donors (Lipinski definition) is 0. The Morgan fingerprint density at radius 3 is 1.59 bits per heavy atom. The summed E-state index contributed by atoms with van der Waals surface area (Å²) in [5, 5.41) is 5.19. The minimum atomic E-state index is -0.132. The van der Waals surface area contributed by atoms with E-state index in [9.17, 15) is 0 Å². The standard InChI is InChI=1S/C20H14.C6H13BO2/c1-2-6-15(7-3-1)18-10-11-19-12-16-8-4-5-9-17(16)13-20(19)14-18;1-5(2)6(3,4)9-7-8-5/h1-14H;7H,1-4H3. The lowest BCUT2D eigenvalue weighted by Gasteiger charge is -2.32. The molecule has 1 saturated heterocycles. The van der Waals surface area contributed by atoms with Crippen molar-refractivity contribution in [2.45, 2.75) is 38.9 Å². The molecular formula is C26H27BO2. The van der Waals surface area contributed by atoms with Crippen molar-refractivity contribution >= 4 is 29.2 Å². The Balaban J connectivity index is 0.000000192. The molecule has 0 saturated carbocycles. The lowest BCUT2D eigenvalue weighted by atomic mass is 9.90. The number of hydrogen-bond acceptors (Lipinski definition) is 2. The molecule has 0 unspecified atom stereocenters. The van der Waals surface area contributed by atoms with Crippen LogP contribution in [0.5, 0.6) is 0 Å². The van der Waals surface area contributed by atoms with E-state index in [1.807, 2.05) is 27.7 Å². The molecule has 146 valence electrons. The second-order valence-electron chi connectivity index (χ2n) is 8.55. The van der Waals surface area contributed by atoms with Crippen LogP contribution in [0, 0.1) is 0 Å². The molecule has 3 heteroatoms. The highest BCUT2D eigenvalue weighted by molar-refractivity contribution is 6.19. The molecule has 29 heavy (non-hydrogen) atoms. The maximum atomic E-state index is 5.33. The average Bonchev–Trinajstić information content (AvgIpc) is 2.97. The summed E-state index contributed by atoms with van der Waals surface area (Å²) in [4.78, 5) is 0. The largest absolute Gasteiger partial charge is 0.439 e. The van der Waals surface area contributed by atoms with Crippen molar-refractivity contribution in [3.8, 4) is 11.1 Å². The van der Waals surface area contributed by atoms with Crippen molar-refractivity contribution in [3.63, 3.8) is 0 Å². The van der Waals surface area contributed by atoms with Gasteiger partial charge in [0.1, 0.15) is 0 Å². The van der Waals surface area contributed by atoms with Crippen LogP contribution >= 0.6 is 0 Å². The fourth-order valence-corrected chi connectivity index (χ4v) is 3.42. The summed E-state index contributed by atoms with van der Waals surface area (Å²) >= 11 is 0. The highest BCUT2D eigenvalue weighted by Crippen LogP contribution is 2.33.